The molecule has 11 heteroatoms. The lowest BCUT2D eigenvalue weighted by Crippen LogP contribution is -2.31. The molecular weight excluding hydrogens is 463 g/mol. The summed E-state index contributed by atoms with van der Waals surface area (Å²) in [5.74, 6) is 0.534. The lowest BCUT2D eigenvalue weighted by Gasteiger charge is -2.15. The number of anilines is 1. The van der Waals surface area contributed by atoms with Gasteiger partial charge in [0.15, 0.2) is 0 Å². The maximum Gasteiger partial charge on any atom is 0.416 e. The van der Waals surface area contributed by atoms with Gasteiger partial charge in [-0.3, -0.25) is 14.2 Å². The second kappa shape index (κ2) is 9.95. The Balaban J connectivity index is 1.79. The van der Waals surface area contributed by atoms with Gasteiger partial charge in [0, 0.05) is 11.8 Å². The molecule has 1 heterocycles. The summed E-state index contributed by atoms with van der Waals surface area (Å²) in [6.45, 7) is 0.992. The van der Waals surface area contributed by atoms with Crippen LogP contribution in [0.25, 0.3) is 0 Å². The third kappa shape index (κ3) is 6.26. The van der Waals surface area contributed by atoms with Crippen molar-refractivity contribution in [2.45, 2.75) is 26.3 Å². The van der Waals surface area contributed by atoms with E-state index >= 15 is 0 Å². The molecule has 0 unspecified atom stereocenters. The molecule has 0 aliphatic heterocycles. The highest BCUT2D eigenvalue weighted by atomic mass is 35.5. The number of aromatic nitrogens is 2. The number of hydrogen-bond donors (Lipinski definition) is 1. The minimum absolute atomic E-state index is 0.0752. The van der Waals surface area contributed by atoms with Gasteiger partial charge in [-0.2, -0.15) is 13.2 Å². The first-order chi connectivity index (χ1) is 15.6. The maximum absolute atomic E-state index is 13.0. The van der Waals surface area contributed by atoms with E-state index in [0.29, 0.717) is 17.2 Å². The van der Waals surface area contributed by atoms with Crippen LogP contribution in [0.3, 0.4) is 0 Å². The largest absolute Gasteiger partial charge is 0.497 e. The quantitative estimate of drug-likeness (QED) is 0.539. The highest BCUT2D eigenvalue weighted by molar-refractivity contribution is 6.33. The van der Waals surface area contributed by atoms with Crippen molar-refractivity contribution >= 4 is 23.2 Å². The van der Waals surface area contributed by atoms with Crippen molar-refractivity contribution in [3.05, 3.63) is 81.0 Å². The number of carbonyl (C=O) groups is 1. The highest BCUT2D eigenvalue weighted by Crippen LogP contribution is 2.33. The Kier molecular flexibility index (Phi) is 7.27. The summed E-state index contributed by atoms with van der Waals surface area (Å²) < 4.78 is 50.7. The summed E-state index contributed by atoms with van der Waals surface area (Å²) in [6, 6.07) is 10.5. The number of amides is 1. The molecule has 0 bridgehead atoms. The molecule has 0 radical (unpaired) electrons. The summed E-state index contributed by atoms with van der Waals surface area (Å²) in [6.07, 6.45) is -4.60. The van der Waals surface area contributed by atoms with Crippen molar-refractivity contribution in [2.75, 3.05) is 12.4 Å². The van der Waals surface area contributed by atoms with Crippen LogP contribution in [0.15, 0.2) is 53.3 Å². The van der Waals surface area contributed by atoms with Crippen LogP contribution in [0, 0.1) is 6.92 Å². The van der Waals surface area contributed by atoms with Gasteiger partial charge in [-0.1, -0.05) is 11.6 Å². The minimum Gasteiger partial charge on any atom is -0.497 e. The van der Waals surface area contributed by atoms with Gasteiger partial charge in [-0.15, -0.1) is 0 Å². The van der Waals surface area contributed by atoms with E-state index in [1.807, 2.05) is 0 Å². The van der Waals surface area contributed by atoms with Crippen molar-refractivity contribution in [3.8, 4) is 11.5 Å². The molecule has 0 aliphatic rings. The number of ether oxygens (including phenoxy) is 2. The Morgan fingerprint density at radius 1 is 1.12 bits per heavy atom. The summed E-state index contributed by atoms with van der Waals surface area (Å²) in [4.78, 5) is 29.3. The summed E-state index contributed by atoms with van der Waals surface area (Å²) >= 11 is 5.92. The molecule has 1 N–H and O–H groups in total. The average molecular weight is 482 g/mol. The number of halogens is 4. The molecule has 1 aromatic heterocycles. The second-order valence-corrected chi connectivity index (χ2v) is 7.35. The Hall–Kier alpha value is -3.53. The van der Waals surface area contributed by atoms with Crippen molar-refractivity contribution in [2.24, 2.45) is 0 Å². The molecule has 33 heavy (non-hydrogen) atoms. The Bertz CT molecular complexity index is 1210. The SMILES string of the molecule is COc1ccc(OCc2nc(C)cc(=O)n2CC(=O)Nc2cc(C(F)(F)F)ccc2Cl)cc1. The van der Waals surface area contributed by atoms with Gasteiger partial charge in [0.1, 0.15) is 30.5 Å². The predicted octanol–water partition coefficient (Wildman–Crippen LogP) is 4.45. The molecule has 0 atom stereocenters. The minimum atomic E-state index is -4.60. The zero-order valence-electron chi connectivity index (χ0n) is 17.6. The van der Waals surface area contributed by atoms with Crippen molar-refractivity contribution in [3.63, 3.8) is 0 Å². The van der Waals surface area contributed by atoms with Crippen LogP contribution in [0.1, 0.15) is 17.1 Å². The van der Waals surface area contributed by atoms with E-state index in [-0.39, 0.29) is 23.1 Å². The van der Waals surface area contributed by atoms with E-state index in [0.717, 1.165) is 22.8 Å². The second-order valence-electron chi connectivity index (χ2n) is 6.94. The zero-order valence-corrected chi connectivity index (χ0v) is 18.3. The van der Waals surface area contributed by atoms with Crippen LogP contribution in [-0.2, 0) is 24.1 Å². The van der Waals surface area contributed by atoms with Gasteiger partial charge in [-0.05, 0) is 49.4 Å². The molecule has 1 amide bonds. The molecule has 0 saturated heterocycles. The first-order valence-corrected chi connectivity index (χ1v) is 9.95. The molecule has 7 nitrogen and oxygen atoms in total. The van der Waals surface area contributed by atoms with E-state index in [1.165, 1.54) is 13.2 Å². The summed E-state index contributed by atoms with van der Waals surface area (Å²) in [5.41, 5.74) is -1.28. The Labute approximate surface area is 191 Å². The Morgan fingerprint density at radius 3 is 2.42 bits per heavy atom. The number of benzene rings is 2. The normalized spacial score (nSPS) is 11.2. The first-order valence-electron chi connectivity index (χ1n) is 9.57. The van der Waals surface area contributed by atoms with E-state index in [2.05, 4.69) is 10.3 Å². The molecule has 3 rings (SSSR count). The number of carbonyl (C=O) groups excluding carboxylic acids is 1. The molecule has 174 valence electrons. The van der Waals surface area contributed by atoms with Gasteiger partial charge < -0.3 is 14.8 Å². The third-order valence-corrected chi connectivity index (χ3v) is 4.84. The molecule has 2 aromatic carbocycles. The van der Waals surface area contributed by atoms with Gasteiger partial charge >= 0.3 is 6.18 Å². The van der Waals surface area contributed by atoms with Crippen molar-refractivity contribution in [1.29, 1.82) is 0 Å². The smallest absolute Gasteiger partial charge is 0.416 e. The molecular formula is C22H19ClF3N3O4. The topological polar surface area (TPSA) is 82.5 Å². The number of nitrogens with one attached hydrogen (secondary N) is 1. The number of aryl methyl sites for hydroxylation is 1. The summed E-state index contributed by atoms with van der Waals surface area (Å²) in [7, 11) is 1.53. The molecule has 0 fully saturated rings. The number of methoxy groups -OCH3 is 1. The molecule has 3 aromatic rings. The number of alkyl halides is 3. The van der Waals surface area contributed by atoms with Crippen LogP contribution >= 0.6 is 11.6 Å². The van der Waals surface area contributed by atoms with Crippen LogP contribution in [0.2, 0.25) is 5.02 Å². The average Bonchev–Trinajstić information content (AvgIpc) is 2.75. The first kappa shape index (κ1) is 24.1. The molecule has 0 aliphatic carbocycles. The third-order valence-electron chi connectivity index (χ3n) is 4.51. The van der Waals surface area contributed by atoms with E-state index < -0.39 is 29.8 Å². The fourth-order valence-corrected chi connectivity index (χ4v) is 3.07. The van der Waals surface area contributed by atoms with E-state index in [1.54, 1.807) is 31.2 Å². The highest BCUT2D eigenvalue weighted by Gasteiger charge is 2.31. The monoisotopic (exact) mass is 481 g/mol. The lowest BCUT2D eigenvalue weighted by atomic mass is 10.2. The summed E-state index contributed by atoms with van der Waals surface area (Å²) in [5, 5.41) is 2.24. The Morgan fingerprint density at radius 2 is 1.79 bits per heavy atom. The standard InChI is InChI=1S/C22H19ClF3N3O4/c1-13-9-21(31)29(19(27-13)12-33-16-6-4-15(32-2)5-7-16)11-20(30)28-18-10-14(22(24,25)26)3-8-17(18)23/h3-10H,11-12H2,1-2H3,(H,28,30). The molecule has 0 saturated carbocycles. The van der Waals surface area contributed by atoms with Crippen LogP contribution in [0.5, 0.6) is 11.5 Å². The molecule has 0 spiro atoms. The predicted molar refractivity (Wildman–Crippen MR) is 116 cm³/mol. The fraction of sp³-hybridized carbons (Fsp3) is 0.227. The van der Waals surface area contributed by atoms with Crippen LogP contribution in [0.4, 0.5) is 18.9 Å². The van der Waals surface area contributed by atoms with Gasteiger partial charge in [0.25, 0.3) is 5.56 Å². The zero-order chi connectivity index (χ0) is 24.2. The number of nitrogens with zero attached hydrogens (tertiary/aromatic N) is 2. The van der Waals surface area contributed by atoms with E-state index in [9.17, 15) is 22.8 Å². The number of hydrogen-bond acceptors (Lipinski definition) is 5. The van der Waals surface area contributed by atoms with E-state index in [4.69, 9.17) is 21.1 Å². The van der Waals surface area contributed by atoms with Gasteiger partial charge in [0.05, 0.1) is 23.4 Å². The van der Waals surface area contributed by atoms with Crippen molar-refractivity contribution in [1.82, 2.24) is 9.55 Å². The van der Waals surface area contributed by atoms with Crippen LogP contribution < -0.4 is 20.3 Å². The lowest BCUT2D eigenvalue weighted by molar-refractivity contribution is -0.137. The van der Waals surface area contributed by atoms with Crippen molar-refractivity contribution < 1.29 is 27.4 Å². The van der Waals surface area contributed by atoms with Gasteiger partial charge in [0.2, 0.25) is 5.91 Å². The maximum atomic E-state index is 13.0. The van der Waals surface area contributed by atoms with Gasteiger partial charge in [-0.25, -0.2) is 4.98 Å². The van der Waals surface area contributed by atoms with Crippen LogP contribution in [-0.4, -0.2) is 22.6 Å². The number of rotatable bonds is 7. The fourth-order valence-electron chi connectivity index (χ4n) is 2.91.